The van der Waals surface area contributed by atoms with Crippen molar-refractivity contribution in [3.63, 3.8) is 0 Å². The van der Waals surface area contributed by atoms with E-state index in [1.54, 1.807) is 6.07 Å². The smallest absolute Gasteiger partial charge is 0.468 e. The lowest BCUT2D eigenvalue weighted by atomic mass is 10.0. The van der Waals surface area contributed by atoms with Crippen molar-refractivity contribution in [2.45, 2.75) is 12.1 Å². The van der Waals surface area contributed by atoms with E-state index in [1.165, 1.54) is 18.2 Å². The van der Waals surface area contributed by atoms with Crippen LogP contribution >= 0.6 is 0 Å². The van der Waals surface area contributed by atoms with Crippen LogP contribution in [0, 0.1) is 0 Å². The third-order valence-corrected chi connectivity index (χ3v) is 2.94. The van der Waals surface area contributed by atoms with E-state index in [2.05, 4.69) is 4.74 Å². The number of anilines is 1. The van der Waals surface area contributed by atoms with Crippen LogP contribution in [-0.2, 0) is 14.3 Å². The molecule has 1 aromatic carbocycles. The van der Waals surface area contributed by atoms with E-state index in [4.69, 9.17) is 0 Å². The molecule has 0 radical (unpaired) electrons. The fraction of sp³-hybridized carbons (Fsp3) is 0.333. The molecule has 102 valence electrons. The lowest BCUT2D eigenvalue weighted by Crippen LogP contribution is -2.41. The predicted molar refractivity (Wildman–Crippen MR) is 59.6 cm³/mol. The molecular weight excluding hydrogens is 263 g/mol. The van der Waals surface area contributed by atoms with E-state index >= 15 is 0 Å². The Kier molecular flexibility index (Phi) is 3.21. The molecule has 7 heteroatoms. The monoisotopic (exact) mass is 273 g/mol. The fourth-order valence-corrected chi connectivity index (χ4v) is 2.10. The van der Waals surface area contributed by atoms with Gasteiger partial charge in [0.1, 0.15) is 5.92 Å². The zero-order valence-electron chi connectivity index (χ0n) is 9.90. The van der Waals surface area contributed by atoms with Crippen LogP contribution in [0.2, 0.25) is 0 Å². The van der Waals surface area contributed by atoms with Crippen molar-refractivity contribution < 1.29 is 27.5 Å². The second-order valence-corrected chi connectivity index (χ2v) is 4.05. The van der Waals surface area contributed by atoms with Crippen LogP contribution in [0.1, 0.15) is 11.5 Å². The summed E-state index contributed by atoms with van der Waals surface area (Å²) in [7, 11) is 1.15. The van der Waals surface area contributed by atoms with E-state index in [0.717, 1.165) is 7.11 Å². The number of ether oxygens (including phenoxy) is 1. The van der Waals surface area contributed by atoms with Gasteiger partial charge in [-0.2, -0.15) is 13.2 Å². The molecule has 1 aliphatic rings. The van der Waals surface area contributed by atoms with Crippen molar-refractivity contribution in [1.82, 2.24) is 0 Å². The lowest BCUT2D eigenvalue weighted by molar-refractivity contribution is -0.170. The predicted octanol–water partition coefficient (Wildman–Crippen LogP) is 1.85. The van der Waals surface area contributed by atoms with Gasteiger partial charge in [0.25, 0.3) is 0 Å². The minimum absolute atomic E-state index is 0.0974. The van der Waals surface area contributed by atoms with Crippen molar-refractivity contribution in [3.05, 3.63) is 29.8 Å². The molecule has 1 heterocycles. The first-order chi connectivity index (χ1) is 8.86. The molecule has 1 atom stereocenters. The molecule has 0 aliphatic carbocycles. The molecule has 1 aromatic rings. The molecule has 0 saturated carbocycles. The van der Waals surface area contributed by atoms with E-state index < -0.39 is 24.0 Å². The third-order valence-electron chi connectivity index (χ3n) is 2.94. The lowest BCUT2D eigenvalue weighted by Gasteiger charge is -2.18. The molecule has 0 aromatic heterocycles. The summed E-state index contributed by atoms with van der Waals surface area (Å²) in [6, 6.07) is 5.99. The zero-order valence-corrected chi connectivity index (χ0v) is 9.90. The number of hydrogen-bond donors (Lipinski definition) is 0. The van der Waals surface area contributed by atoms with Crippen LogP contribution in [0.3, 0.4) is 0 Å². The second-order valence-electron chi connectivity index (χ2n) is 4.05. The Balaban J connectivity index is 2.41. The number of para-hydroxylation sites is 1. The number of methoxy groups -OCH3 is 1. The highest BCUT2D eigenvalue weighted by molar-refractivity contribution is 6.01. The second kappa shape index (κ2) is 4.56. The Morgan fingerprint density at radius 3 is 2.53 bits per heavy atom. The van der Waals surface area contributed by atoms with Gasteiger partial charge in [-0.3, -0.25) is 9.59 Å². The quantitative estimate of drug-likeness (QED) is 0.734. The number of fused-ring (bicyclic) bond motifs is 1. The minimum Gasteiger partial charge on any atom is -0.468 e. The largest absolute Gasteiger partial charge is 0.471 e. The molecule has 0 saturated heterocycles. The van der Waals surface area contributed by atoms with Gasteiger partial charge in [0.2, 0.25) is 0 Å². The number of nitrogens with zero attached hydrogens (tertiary/aromatic N) is 1. The maximum absolute atomic E-state index is 12.5. The molecule has 1 amide bonds. The summed E-state index contributed by atoms with van der Waals surface area (Å²) in [5.41, 5.74) is 0.465. The van der Waals surface area contributed by atoms with Crippen molar-refractivity contribution >= 4 is 17.6 Å². The van der Waals surface area contributed by atoms with Crippen LogP contribution in [0.5, 0.6) is 0 Å². The Hall–Kier alpha value is -2.05. The molecule has 0 fully saturated rings. The van der Waals surface area contributed by atoms with Gasteiger partial charge in [-0.15, -0.1) is 0 Å². The van der Waals surface area contributed by atoms with Crippen LogP contribution < -0.4 is 4.90 Å². The van der Waals surface area contributed by atoms with Gasteiger partial charge in [-0.05, 0) is 11.6 Å². The molecule has 0 bridgehead atoms. The Labute approximate surface area is 106 Å². The van der Waals surface area contributed by atoms with Gasteiger partial charge < -0.3 is 9.64 Å². The average Bonchev–Trinajstić information content (AvgIpc) is 2.75. The molecule has 4 nitrogen and oxygen atoms in total. The van der Waals surface area contributed by atoms with Gasteiger partial charge in [-0.1, -0.05) is 18.2 Å². The van der Waals surface area contributed by atoms with E-state index in [-0.39, 0.29) is 12.2 Å². The van der Waals surface area contributed by atoms with Crippen molar-refractivity contribution in [2.75, 3.05) is 18.6 Å². The van der Waals surface area contributed by atoms with Crippen LogP contribution in [-0.4, -0.2) is 31.7 Å². The zero-order chi connectivity index (χ0) is 14.2. The van der Waals surface area contributed by atoms with Crippen molar-refractivity contribution in [2.24, 2.45) is 0 Å². The number of carbonyl (C=O) groups excluding carboxylic acids is 2. The molecule has 0 N–H and O–H groups in total. The minimum atomic E-state index is -4.97. The number of rotatable bonds is 1. The number of amides is 1. The Morgan fingerprint density at radius 2 is 1.95 bits per heavy atom. The summed E-state index contributed by atoms with van der Waals surface area (Å²) >= 11 is 0. The number of hydrogen-bond acceptors (Lipinski definition) is 3. The number of halogens is 3. The first-order valence-electron chi connectivity index (χ1n) is 5.41. The van der Waals surface area contributed by atoms with E-state index in [9.17, 15) is 22.8 Å². The van der Waals surface area contributed by atoms with Crippen molar-refractivity contribution in [1.29, 1.82) is 0 Å². The summed E-state index contributed by atoms with van der Waals surface area (Å²) in [4.78, 5) is 23.5. The van der Waals surface area contributed by atoms with Gasteiger partial charge >= 0.3 is 18.1 Å². The molecular formula is C12H10F3NO3. The van der Waals surface area contributed by atoms with Crippen LogP contribution in [0.15, 0.2) is 24.3 Å². The third kappa shape index (κ3) is 2.27. The van der Waals surface area contributed by atoms with E-state index in [1.807, 2.05) is 0 Å². The summed E-state index contributed by atoms with van der Waals surface area (Å²) in [6.45, 7) is -0.357. The van der Waals surface area contributed by atoms with Crippen molar-refractivity contribution in [3.8, 4) is 0 Å². The SMILES string of the molecule is COC(=O)[C@H]1CN(C(=O)C(F)(F)F)c2ccccc21. The summed E-state index contributed by atoms with van der Waals surface area (Å²) in [5, 5.41) is 0. The number of carbonyl (C=O) groups is 2. The van der Waals surface area contributed by atoms with Crippen LogP contribution in [0.25, 0.3) is 0 Å². The molecule has 0 unspecified atom stereocenters. The first kappa shape index (κ1) is 13.4. The topological polar surface area (TPSA) is 46.6 Å². The molecule has 0 spiro atoms. The Bertz CT molecular complexity index is 527. The summed E-state index contributed by atoms with van der Waals surface area (Å²) in [6.07, 6.45) is -4.97. The van der Waals surface area contributed by atoms with Gasteiger partial charge in [-0.25, -0.2) is 0 Å². The number of esters is 1. The molecule has 2 rings (SSSR count). The van der Waals surface area contributed by atoms with E-state index in [0.29, 0.717) is 10.5 Å². The van der Waals surface area contributed by atoms with Gasteiger partial charge in [0, 0.05) is 12.2 Å². The van der Waals surface area contributed by atoms with Gasteiger partial charge in [0.05, 0.1) is 7.11 Å². The normalized spacial score (nSPS) is 18.1. The fourth-order valence-electron chi connectivity index (χ4n) is 2.10. The molecule has 19 heavy (non-hydrogen) atoms. The van der Waals surface area contributed by atoms with Gasteiger partial charge in [0.15, 0.2) is 0 Å². The summed E-state index contributed by atoms with van der Waals surface area (Å²) < 4.78 is 42.0. The maximum atomic E-state index is 12.5. The number of alkyl halides is 3. The number of benzene rings is 1. The average molecular weight is 273 g/mol. The first-order valence-corrected chi connectivity index (χ1v) is 5.41. The Morgan fingerprint density at radius 1 is 1.32 bits per heavy atom. The standard InChI is InChI=1S/C12H10F3NO3/c1-19-10(17)8-6-16(11(18)12(13,14)15)9-5-3-2-4-7(8)9/h2-5,8H,6H2,1H3/t8-/m0/s1. The molecule has 1 aliphatic heterocycles. The van der Waals surface area contributed by atoms with Crippen LogP contribution in [0.4, 0.5) is 18.9 Å². The highest BCUT2D eigenvalue weighted by Crippen LogP contribution is 2.38. The summed E-state index contributed by atoms with van der Waals surface area (Å²) in [5.74, 6) is -3.52. The maximum Gasteiger partial charge on any atom is 0.471 e. The highest BCUT2D eigenvalue weighted by atomic mass is 19.4. The highest BCUT2D eigenvalue weighted by Gasteiger charge is 2.47.